The Hall–Kier alpha value is -0.830. The SMILES string of the molecule is C=CCCCNC(C)C(=O)N(C)CC. The molecule has 0 rings (SSSR count). The number of hydrogen-bond donors (Lipinski definition) is 1. The largest absolute Gasteiger partial charge is 0.345 e. The van der Waals surface area contributed by atoms with Gasteiger partial charge in [-0.25, -0.2) is 0 Å². The molecule has 1 N–H and O–H groups in total. The summed E-state index contributed by atoms with van der Waals surface area (Å²) in [5, 5.41) is 3.19. The van der Waals surface area contributed by atoms with Crippen LogP contribution in [0.15, 0.2) is 12.7 Å². The molecule has 3 heteroatoms. The number of carbonyl (C=O) groups is 1. The van der Waals surface area contributed by atoms with Crippen molar-refractivity contribution in [3.8, 4) is 0 Å². The Morgan fingerprint density at radius 2 is 2.29 bits per heavy atom. The van der Waals surface area contributed by atoms with Crippen LogP contribution in [0.25, 0.3) is 0 Å². The van der Waals surface area contributed by atoms with Gasteiger partial charge in [-0.2, -0.15) is 0 Å². The second kappa shape index (κ2) is 7.56. The zero-order chi connectivity index (χ0) is 11.0. The molecule has 0 heterocycles. The summed E-state index contributed by atoms with van der Waals surface area (Å²) in [6.07, 6.45) is 3.93. The highest BCUT2D eigenvalue weighted by molar-refractivity contribution is 5.81. The second-order valence-corrected chi connectivity index (χ2v) is 3.46. The maximum Gasteiger partial charge on any atom is 0.239 e. The van der Waals surface area contributed by atoms with Gasteiger partial charge in [-0.05, 0) is 33.2 Å². The molecule has 0 aliphatic carbocycles. The fourth-order valence-electron chi connectivity index (χ4n) is 1.14. The molecule has 0 aromatic heterocycles. The van der Waals surface area contributed by atoms with Crippen molar-refractivity contribution in [1.82, 2.24) is 10.2 Å². The first kappa shape index (κ1) is 13.2. The van der Waals surface area contributed by atoms with Gasteiger partial charge >= 0.3 is 0 Å². The Labute approximate surface area is 87.2 Å². The van der Waals surface area contributed by atoms with E-state index < -0.39 is 0 Å². The number of carbonyl (C=O) groups excluding carboxylic acids is 1. The van der Waals surface area contributed by atoms with Crippen molar-refractivity contribution in [3.63, 3.8) is 0 Å². The van der Waals surface area contributed by atoms with E-state index in [2.05, 4.69) is 11.9 Å². The van der Waals surface area contributed by atoms with Gasteiger partial charge in [-0.1, -0.05) is 6.08 Å². The molecule has 82 valence electrons. The molecule has 0 spiro atoms. The summed E-state index contributed by atoms with van der Waals surface area (Å²) in [5.41, 5.74) is 0. The Morgan fingerprint density at radius 3 is 2.79 bits per heavy atom. The van der Waals surface area contributed by atoms with Crippen molar-refractivity contribution in [3.05, 3.63) is 12.7 Å². The molecule has 1 amide bonds. The van der Waals surface area contributed by atoms with Gasteiger partial charge in [0.25, 0.3) is 0 Å². The highest BCUT2D eigenvalue weighted by atomic mass is 16.2. The van der Waals surface area contributed by atoms with E-state index in [0.29, 0.717) is 0 Å². The van der Waals surface area contributed by atoms with Crippen LogP contribution >= 0.6 is 0 Å². The van der Waals surface area contributed by atoms with E-state index in [4.69, 9.17) is 0 Å². The molecule has 0 fully saturated rings. The quantitative estimate of drug-likeness (QED) is 0.495. The van der Waals surface area contributed by atoms with Gasteiger partial charge in [0.15, 0.2) is 0 Å². The number of rotatable bonds is 7. The smallest absolute Gasteiger partial charge is 0.239 e. The van der Waals surface area contributed by atoms with Crippen molar-refractivity contribution in [1.29, 1.82) is 0 Å². The molecule has 0 saturated heterocycles. The predicted octanol–water partition coefficient (Wildman–Crippen LogP) is 1.41. The van der Waals surface area contributed by atoms with Crippen molar-refractivity contribution in [2.24, 2.45) is 0 Å². The van der Waals surface area contributed by atoms with Crippen LogP contribution < -0.4 is 5.32 Å². The highest BCUT2D eigenvalue weighted by Gasteiger charge is 2.14. The van der Waals surface area contributed by atoms with Crippen LogP contribution in [-0.4, -0.2) is 37.0 Å². The van der Waals surface area contributed by atoms with Gasteiger partial charge in [0.05, 0.1) is 6.04 Å². The summed E-state index contributed by atoms with van der Waals surface area (Å²) in [7, 11) is 1.82. The normalized spacial score (nSPS) is 12.2. The molecule has 1 unspecified atom stereocenters. The molecular formula is C11H22N2O. The first-order valence-corrected chi connectivity index (χ1v) is 5.22. The summed E-state index contributed by atoms with van der Waals surface area (Å²) >= 11 is 0. The first-order valence-electron chi connectivity index (χ1n) is 5.22. The minimum atomic E-state index is -0.0789. The van der Waals surface area contributed by atoms with Crippen molar-refractivity contribution in [2.45, 2.75) is 32.7 Å². The summed E-state index contributed by atoms with van der Waals surface area (Å²) in [4.78, 5) is 13.3. The van der Waals surface area contributed by atoms with Crippen LogP contribution in [0.5, 0.6) is 0 Å². The van der Waals surface area contributed by atoms with E-state index in [0.717, 1.165) is 25.9 Å². The number of hydrogen-bond acceptors (Lipinski definition) is 2. The summed E-state index contributed by atoms with van der Waals surface area (Å²) in [6.45, 7) is 9.16. The van der Waals surface area contributed by atoms with E-state index in [1.165, 1.54) is 0 Å². The third-order valence-corrected chi connectivity index (χ3v) is 2.26. The number of allylic oxidation sites excluding steroid dienone is 1. The molecule has 0 aliphatic heterocycles. The fourth-order valence-corrected chi connectivity index (χ4v) is 1.14. The molecule has 0 aromatic rings. The summed E-state index contributed by atoms with van der Waals surface area (Å²) in [5.74, 6) is 0.158. The lowest BCUT2D eigenvalue weighted by Crippen LogP contribution is -2.43. The molecule has 0 aromatic carbocycles. The van der Waals surface area contributed by atoms with Crippen LogP contribution in [-0.2, 0) is 4.79 Å². The first-order chi connectivity index (χ1) is 6.63. The van der Waals surface area contributed by atoms with Crippen LogP contribution in [0.2, 0.25) is 0 Å². The van der Waals surface area contributed by atoms with Crippen molar-refractivity contribution in [2.75, 3.05) is 20.1 Å². The van der Waals surface area contributed by atoms with E-state index in [9.17, 15) is 4.79 Å². The van der Waals surface area contributed by atoms with Gasteiger partial charge < -0.3 is 10.2 Å². The Kier molecular flexibility index (Phi) is 7.11. The Morgan fingerprint density at radius 1 is 1.64 bits per heavy atom. The molecule has 14 heavy (non-hydrogen) atoms. The van der Waals surface area contributed by atoms with Crippen molar-refractivity contribution < 1.29 is 4.79 Å². The topological polar surface area (TPSA) is 32.3 Å². The number of unbranched alkanes of at least 4 members (excludes halogenated alkanes) is 1. The predicted molar refractivity (Wildman–Crippen MR) is 60.2 cm³/mol. The minimum absolute atomic E-state index is 0.0789. The van der Waals surface area contributed by atoms with Gasteiger partial charge in [0, 0.05) is 13.6 Å². The van der Waals surface area contributed by atoms with Gasteiger partial charge in [0.1, 0.15) is 0 Å². The minimum Gasteiger partial charge on any atom is -0.345 e. The van der Waals surface area contributed by atoms with Crippen LogP contribution in [0.1, 0.15) is 26.7 Å². The third kappa shape index (κ3) is 5.02. The molecule has 0 aliphatic rings. The number of nitrogens with one attached hydrogen (secondary N) is 1. The maximum absolute atomic E-state index is 11.6. The molecule has 0 radical (unpaired) electrons. The molecule has 3 nitrogen and oxygen atoms in total. The lowest BCUT2D eigenvalue weighted by Gasteiger charge is -2.20. The van der Waals surface area contributed by atoms with Crippen LogP contribution in [0, 0.1) is 0 Å². The average molecular weight is 198 g/mol. The van der Waals surface area contributed by atoms with E-state index in [1.807, 2.05) is 27.0 Å². The van der Waals surface area contributed by atoms with Gasteiger partial charge in [0.2, 0.25) is 5.91 Å². The number of likely N-dealkylation sites (N-methyl/N-ethyl adjacent to an activating group) is 1. The molecule has 0 bridgehead atoms. The monoisotopic (exact) mass is 198 g/mol. The van der Waals surface area contributed by atoms with Crippen molar-refractivity contribution >= 4 is 5.91 Å². The number of amides is 1. The second-order valence-electron chi connectivity index (χ2n) is 3.46. The lowest BCUT2D eigenvalue weighted by atomic mass is 10.2. The van der Waals surface area contributed by atoms with E-state index in [1.54, 1.807) is 4.90 Å². The molecule has 0 saturated carbocycles. The summed E-state index contributed by atoms with van der Waals surface area (Å²) in [6, 6.07) is -0.0789. The molecular weight excluding hydrogens is 176 g/mol. The average Bonchev–Trinajstić information content (AvgIpc) is 2.21. The Bertz CT molecular complexity index is 180. The van der Waals surface area contributed by atoms with Crippen LogP contribution in [0.3, 0.4) is 0 Å². The maximum atomic E-state index is 11.6. The van der Waals surface area contributed by atoms with Crippen LogP contribution in [0.4, 0.5) is 0 Å². The number of nitrogens with zero attached hydrogens (tertiary/aromatic N) is 1. The molecule has 1 atom stereocenters. The van der Waals surface area contributed by atoms with Gasteiger partial charge in [-0.15, -0.1) is 6.58 Å². The lowest BCUT2D eigenvalue weighted by molar-refractivity contribution is -0.131. The standard InChI is InChI=1S/C11H22N2O/c1-5-7-8-9-12-10(3)11(14)13(4)6-2/h5,10,12H,1,6-9H2,2-4H3. The van der Waals surface area contributed by atoms with Gasteiger partial charge in [-0.3, -0.25) is 4.79 Å². The Balaban J connectivity index is 3.67. The third-order valence-electron chi connectivity index (χ3n) is 2.26. The zero-order valence-electron chi connectivity index (χ0n) is 9.55. The summed E-state index contributed by atoms with van der Waals surface area (Å²) < 4.78 is 0. The van der Waals surface area contributed by atoms with E-state index in [-0.39, 0.29) is 11.9 Å². The fraction of sp³-hybridized carbons (Fsp3) is 0.727. The zero-order valence-corrected chi connectivity index (χ0v) is 9.55. The highest BCUT2D eigenvalue weighted by Crippen LogP contribution is 1.93. The van der Waals surface area contributed by atoms with E-state index >= 15 is 0 Å².